The number of rotatable bonds is 3. The van der Waals surface area contributed by atoms with Gasteiger partial charge >= 0.3 is 6.18 Å². The molecule has 1 aliphatic rings. The normalized spacial score (nSPS) is 21.4. The summed E-state index contributed by atoms with van der Waals surface area (Å²) in [4.78, 5) is 0. The number of hydrogen-bond acceptors (Lipinski definition) is 4. The third kappa shape index (κ3) is 3.59. The Morgan fingerprint density at radius 3 is 2.39 bits per heavy atom. The lowest BCUT2D eigenvalue weighted by atomic mass is 9.63. The molecule has 188 valence electrons. The van der Waals surface area contributed by atoms with Gasteiger partial charge in [0.15, 0.2) is 17.2 Å². The van der Waals surface area contributed by atoms with Crippen molar-refractivity contribution >= 4 is 16.6 Å². The van der Waals surface area contributed by atoms with E-state index in [9.17, 15) is 32.2 Å². The summed E-state index contributed by atoms with van der Waals surface area (Å²) in [5.41, 5.74) is -3.37. The second kappa shape index (κ2) is 7.92. The molecule has 0 radical (unpaired) electrons. The van der Waals surface area contributed by atoms with Gasteiger partial charge in [0.25, 0.3) is 0 Å². The number of phenols is 1. The third-order valence-corrected chi connectivity index (χ3v) is 6.81. The van der Waals surface area contributed by atoms with Crippen LogP contribution in [0.15, 0.2) is 60.8 Å². The number of alkyl halides is 3. The summed E-state index contributed by atoms with van der Waals surface area (Å²) in [5.74, 6) is -2.13. The molecule has 0 fully saturated rings. The van der Waals surface area contributed by atoms with Crippen LogP contribution in [0.3, 0.4) is 0 Å². The molecular weight excluding hydrogens is 481 g/mol. The first kappa shape index (κ1) is 24.1. The summed E-state index contributed by atoms with van der Waals surface area (Å²) < 4.78 is 72.3. The molecule has 1 aromatic heterocycles. The monoisotopic (exact) mass is 503 g/mol. The van der Waals surface area contributed by atoms with Gasteiger partial charge in [-0.2, -0.15) is 18.3 Å². The number of nitrogens with zero attached hydrogens (tertiary/aromatic N) is 2. The van der Waals surface area contributed by atoms with Crippen LogP contribution in [0.1, 0.15) is 37.4 Å². The van der Waals surface area contributed by atoms with Crippen molar-refractivity contribution in [2.45, 2.75) is 43.5 Å². The summed E-state index contributed by atoms with van der Waals surface area (Å²) in [5, 5.41) is 29.2. The van der Waals surface area contributed by atoms with Gasteiger partial charge < -0.3 is 15.5 Å². The fraction of sp³-hybridized carbons (Fsp3) is 0.269. The minimum atomic E-state index is -5.05. The van der Waals surface area contributed by atoms with E-state index >= 15 is 0 Å². The summed E-state index contributed by atoms with van der Waals surface area (Å²) in [6, 6.07) is 10.7. The standard InChI is InChI=1S/C26H22F5N3O2/c1-24(2)13-25(36,26(29,30)31)23(16-10-11-18(28)22(35)21(16)24)33-19-4-3-5-20-17(19)12-32-34(20)15-8-6-14(27)7-9-15/h3-12,23,33,35-36H,13H2,1-2H3/t23-,25-/m0/s1. The molecule has 2 atom stereocenters. The molecule has 4 aromatic rings. The zero-order valence-corrected chi connectivity index (χ0v) is 19.2. The van der Waals surface area contributed by atoms with Crippen LogP contribution >= 0.6 is 0 Å². The van der Waals surface area contributed by atoms with Crippen molar-refractivity contribution in [3.05, 3.63) is 83.6 Å². The van der Waals surface area contributed by atoms with E-state index < -0.39 is 47.0 Å². The highest BCUT2D eigenvalue weighted by Crippen LogP contribution is 2.56. The van der Waals surface area contributed by atoms with Gasteiger partial charge in [-0.15, -0.1) is 0 Å². The number of hydrogen-bond donors (Lipinski definition) is 3. The molecule has 0 aliphatic heterocycles. The van der Waals surface area contributed by atoms with Crippen molar-refractivity contribution in [3.63, 3.8) is 0 Å². The number of aromatic hydroxyl groups is 1. The van der Waals surface area contributed by atoms with E-state index in [1.54, 1.807) is 18.2 Å². The van der Waals surface area contributed by atoms with E-state index in [1.807, 2.05) is 0 Å². The predicted octanol–water partition coefficient (Wildman–Crippen LogP) is 6.14. The van der Waals surface area contributed by atoms with Crippen LogP contribution in [0.4, 0.5) is 27.6 Å². The zero-order valence-electron chi connectivity index (χ0n) is 19.2. The van der Waals surface area contributed by atoms with Crippen LogP contribution in [-0.2, 0) is 5.41 Å². The Morgan fingerprint density at radius 1 is 1.03 bits per heavy atom. The van der Waals surface area contributed by atoms with Crippen LogP contribution in [0.5, 0.6) is 5.75 Å². The Labute approximate surface area is 202 Å². The number of fused-ring (bicyclic) bond motifs is 2. The van der Waals surface area contributed by atoms with Crippen LogP contribution in [0.2, 0.25) is 0 Å². The summed E-state index contributed by atoms with van der Waals surface area (Å²) in [6.07, 6.45) is -4.41. The van der Waals surface area contributed by atoms with Gasteiger partial charge in [-0.05, 0) is 59.9 Å². The molecule has 3 N–H and O–H groups in total. The van der Waals surface area contributed by atoms with Crippen molar-refractivity contribution in [3.8, 4) is 11.4 Å². The molecule has 1 aliphatic carbocycles. The molecule has 3 aromatic carbocycles. The predicted molar refractivity (Wildman–Crippen MR) is 124 cm³/mol. The highest BCUT2D eigenvalue weighted by molar-refractivity contribution is 5.92. The second-order valence-electron chi connectivity index (χ2n) is 9.69. The lowest BCUT2D eigenvalue weighted by molar-refractivity contribution is -0.276. The van der Waals surface area contributed by atoms with E-state index in [0.29, 0.717) is 16.6 Å². The number of anilines is 1. The van der Waals surface area contributed by atoms with Gasteiger partial charge in [0.1, 0.15) is 5.82 Å². The average Bonchev–Trinajstić information content (AvgIpc) is 3.23. The molecule has 0 saturated heterocycles. The first-order valence-electron chi connectivity index (χ1n) is 11.1. The Hall–Kier alpha value is -3.66. The fourth-order valence-electron chi connectivity index (χ4n) is 5.24. The number of halogens is 5. The van der Waals surface area contributed by atoms with E-state index in [0.717, 1.165) is 12.1 Å². The van der Waals surface area contributed by atoms with E-state index in [-0.39, 0.29) is 16.8 Å². The molecule has 0 saturated carbocycles. The number of phenolic OH excluding ortho intramolecular Hbond substituents is 1. The molecule has 10 heteroatoms. The number of benzene rings is 3. The Bertz CT molecular complexity index is 1460. The summed E-state index contributed by atoms with van der Waals surface area (Å²) >= 11 is 0. The molecule has 1 heterocycles. The van der Waals surface area contributed by atoms with E-state index in [2.05, 4.69) is 10.4 Å². The van der Waals surface area contributed by atoms with Crippen molar-refractivity contribution < 1.29 is 32.2 Å². The summed E-state index contributed by atoms with van der Waals surface area (Å²) in [6.45, 7) is 2.84. The Balaban J connectivity index is 1.67. The molecular formula is C26H22F5N3O2. The fourth-order valence-corrected chi connectivity index (χ4v) is 5.24. The first-order valence-corrected chi connectivity index (χ1v) is 11.1. The molecule has 0 unspecified atom stereocenters. The van der Waals surface area contributed by atoms with Crippen molar-refractivity contribution in [2.24, 2.45) is 0 Å². The highest BCUT2D eigenvalue weighted by Gasteiger charge is 2.64. The molecule has 5 nitrogen and oxygen atoms in total. The maximum absolute atomic E-state index is 14.4. The SMILES string of the molecule is CC1(C)C[C@@](O)(C(F)(F)F)[C@@H](Nc2cccc3c2cnn3-c2ccc(F)cc2)c2ccc(F)c(O)c21. The van der Waals surface area contributed by atoms with Crippen molar-refractivity contribution in [1.82, 2.24) is 9.78 Å². The van der Waals surface area contributed by atoms with Gasteiger partial charge in [-0.1, -0.05) is 26.0 Å². The van der Waals surface area contributed by atoms with Crippen molar-refractivity contribution in [1.29, 1.82) is 0 Å². The third-order valence-electron chi connectivity index (χ3n) is 6.81. The van der Waals surface area contributed by atoms with Crippen molar-refractivity contribution in [2.75, 3.05) is 5.32 Å². The van der Waals surface area contributed by atoms with Crippen LogP contribution in [-0.4, -0.2) is 31.8 Å². The Kier molecular flexibility index (Phi) is 5.29. The van der Waals surface area contributed by atoms with Crippen LogP contribution < -0.4 is 5.32 Å². The lowest BCUT2D eigenvalue weighted by Gasteiger charge is -2.49. The maximum atomic E-state index is 14.4. The minimum absolute atomic E-state index is 0.00288. The lowest BCUT2D eigenvalue weighted by Crippen LogP contribution is -2.58. The van der Waals surface area contributed by atoms with Gasteiger partial charge in [-0.3, -0.25) is 0 Å². The number of aromatic nitrogens is 2. The molecule has 36 heavy (non-hydrogen) atoms. The maximum Gasteiger partial charge on any atom is 0.419 e. The van der Waals surface area contributed by atoms with Gasteiger partial charge in [0, 0.05) is 16.6 Å². The smallest absolute Gasteiger partial charge is 0.419 e. The van der Waals surface area contributed by atoms with Gasteiger partial charge in [0.05, 0.1) is 23.4 Å². The molecule has 0 amide bonds. The number of aliphatic hydroxyl groups is 1. The van der Waals surface area contributed by atoms with Crippen LogP contribution in [0, 0.1) is 11.6 Å². The van der Waals surface area contributed by atoms with E-state index in [1.165, 1.54) is 49.0 Å². The number of nitrogens with one attached hydrogen (secondary N) is 1. The van der Waals surface area contributed by atoms with E-state index in [4.69, 9.17) is 0 Å². The average molecular weight is 503 g/mol. The largest absolute Gasteiger partial charge is 0.505 e. The Morgan fingerprint density at radius 2 is 1.72 bits per heavy atom. The summed E-state index contributed by atoms with van der Waals surface area (Å²) in [7, 11) is 0. The second-order valence-corrected chi connectivity index (χ2v) is 9.69. The highest BCUT2D eigenvalue weighted by atomic mass is 19.4. The topological polar surface area (TPSA) is 70.3 Å². The zero-order chi connectivity index (χ0) is 26.0. The minimum Gasteiger partial charge on any atom is -0.505 e. The molecule has 0 spiro atoms. The molecule has 5 rings (SSSR count). The van der Waals surface area contributed by atoms with Gasteiger partial charge in [0.2, 0.25) is 0 Å². The quantitative estimate of drug-likeness (QED) is 0.294. The van der Waals surface area contributed by atoms with Crippen LogP contribution in [0.25, 0.3) is 16.6 Å². The van der Waals surface area contributed by atoms with Gasteiger partial charge in [-0.25, -0.2) is 13.5 Å². The molecule has 0 bridgehead atoms. The first-order chi connectivity index (χ1) is 16.8.